The van der Waals surface area contributed by atoms with Gasteiger partial charge in [0.25, 0.3) is 0 Å². The highest BCUT2D eigenvalue weighted by Gasteiger charge is 2.47. The first kappa shape index (κ1) is 39.1. The highest BCUT2D eigenvalue weighted by Crippen LogP contribution is 2.60. The molecule has 66 heavy (non-hydrogen) atoms. The number of benzene rings is 11. The van der Waals surface area contributed by atoms with E-state index >= 15 is 0 Å². The Bertz CT molecular complexity index is 3480. The summed E-state index contributed by atoms with van der Waals surface area (Å²) in [5, 5.41) is 2.50. The van der Waals surface area contributed by atoms with E-state index in [1.54, 1.807) is 0 Å². The summed E-state index contributed by atoms with van der Waals surface area (Å²) in [6, 6.07) is 100. The zero-order chi connectivity index (χ0) is 43.9. The molecule has 0 amide bonds. The molecule has 11 aromatic carbocycles. The molecule has 12 rings (SSSR count). The average molecular weight is 840 g/mol. The van der Waals surface area contributed by atoms with Gasteiger partial charge in [0.15, 0.2) is 0 Å². The number of hydrogen-bond acceptors (Lipinski definition) is 1. The molecule has 0 saturated heterocycles. The summed E-state index contributed by atoms with van der Waals surface area (Å²) in [6.45, 7) is 0. The predicted octanol–water partition coefficient (Wildman–Crippen LogP) is 17.3. The Labute approximate surface area is 387 Å². The van der Waals surface area contributed by atoms with Crippen LogP contribution < -0.4 is 4.90 Å². The van der Waals surface area contributed by atoms with Gasteiger partial charge >= 0.3 is 0 Å². The molecule has 1 aliphatic rings. The summed E-state index contributed by atoms with van der Waals surface area (Å²) in [6.07, 6.45) is 0. The van der Waals surface area contributed by atoms with Gasteiger partial charge in [-0.25, -0.2) is 0 Å². The van der Waals surface area contributed by atoms with Crippen molar-refractivity contribution in [1.82, 2.24) is 0 Å². The Morgan fingerprint density at radius 1 is 0.258 bits per heavy atom. The van der Waals surface area contributed by atoms with Gasteiger partial charge in [-0.15, -0.1) is 0 Å². The first-order valence-electron chi connectivity index (χ1n) is 22.8. The van der Waals surface area contributed by atoms with Crippen LogP contribution in [0.2, 0.25) is 0 Å². The van der Waals surface area contributed by atoms with Crippen LogP contribution in [0.1, 0.15) is 22.3 Å². The average Bonchev–Trinajstić information content (AvgIpc) is 3.71. The lowest BCUT2D eigenvalue weighted by Gasteiger charge is -2.34. The molecule has 0 spiro atoms. The van der Waals surface area contributed by atoms with Crippen molar-refractivity contribution in [2.75, 3.05) is 4.90 Å². The quantitative estimate of drug-likeness (QED) is 0.140. The van der Waals surface area contributed by atoms with Gasteiger partial charge in [0.2, 0.25) is 0 Å². The molecule has 1 aliphatic carbocycles. The molecule has 11 aromatic rings. The second-order valence-corrected chi connectivity index (χ2v) is 17.2. The molecule has 0 bridgehead atoms. The molecule has 0 unspecified atom stereocenters. The van der Waals surface area contributed by atoms with E-state index in [1.165, 1.54) is 72.0 Å². The molecule has 310 valence electrons. The third-order valence-electron chi connectivity index (χ3n) is 13.5. The summed E-state index contributed by atoms with van der Waals surface area (Å²) in [4.78, 5) is 2.51. The Balaban J connectivity index is 1.07. The fraction of sp³-hybridized carbons (Fsp3) is 0.0154. The largest absolute Gasteiger partial charge is 0.309 e. The predicted molar refractivity (Wildman–Crippen MR) is 278 cm³/mol. The van der Waals surface area contributed by atoms with E-state index < -0.39 is 5.41 Å². The summed E-state index contributed by atoms with van der Waals surface area (Å²) in [7, 11) is 0. The molecule has 0 heterocycles. The van der Waals surface area contributed by atoms with Crippen LogP contribution in [-0.4, -0.2) is 0 Å². The van der Waals surface area contributed by atoms with Gasteiger partial charge < -0.3 is 4.90 Å². The van der Waals surface area contributed by atoms with E-state index in [9.17, 15) is 0 Å². The molecule has 0 N–H and O–H groups in total. The molecule has 0 radical (unpaired) electrons. The van der Waals surface area contributed by atoms with E-state index in [4.69, 9.17) is 0 Å². The van der Waals surface area contributed by atoms with Crippen molar-refractivity contribution in [2.45, 2.75) is 5.41 Å². The monoisotopic (exact) mass is 839 g/mol. The highest BCUT2D eigenvalue weighted by atomic mass is 15.1. The lowest BCUT2D eigenvalue weighted by molar-refractivity contribution is 0.768. The van der Waals surface area contributed by atoms with Crippen molar-refractivity contribution >= 4 is 27.8 Å². The zero-order valence-electron chi connectivity index (χ0n) is 36.4. The zero-order valence-corrected chi connectivity index (χ0v) is 36.4. The van der Waals surface area contributed by atoms with Crippen LogP contribution in [0.25, 0.3) is 66.4 Å². The van der Waals surface area contributed by atoms with Crippen LogP contribution in [0.4, 0.5) is 17.1 Å². The summed E-state index contributed by atoms with van der Waals surface area (Å²) in [5.41, 5.74) is 19.8. The summed E-state index contributed by atoms with van der Waals surface area (Å²) >= 11 is 0. The van der Waals surface area contributed by atoms with Crippen LogP contribution >= 0.6 is 0 Å². The van der Waals surface area contributed by atoms with Gasteiger partial charge in [0.05, 0.1) is 16.8 Å². The van der Waals surface area contributed by atoms with E-state index in [2.05, 4.69) is 278 Å². The standard InChI is InChI=1S/C65H45N/c1-4-19-46(20-5-1)51-23-16-25-54(44-51)58-31-13-15-35-62(58)66(57-30-17-24-52(45-57)48-37-39-49(40-38-48)53-42-41-47-21-10-11-22-50(47)43-53)63-36-18-34-61-64(63)59-32-12-14-33-60(59)65(61,55-26-6-2-7-27-55)56-28-8-3-9-29-56/h1-45H. The molecular formula is C65H45N. The third kappa shape index (κ3) is 6.64. The van der Waals surface area contributed by atoms with Gasteiger partial charge in [-0.2, -0.15) is 0 Å². The minimum absolute atomic E-state index is 0.533. The van der Waals surface area contributed by atoms with Crippen molar-refractivity contribution < 1.29 is 0 Å². The van der Waals surface area contributed by atoms with E-state index in [-0.39, 0.29) is 0 Å². The van der Waals surface area contributed by atoms with Crippen molar-refractivity contribution in [1.29, 1.82) is 0 Å². The van der Waals surface area contributed by atoms with Gasteiger partial charge in [-0.05, 0) is 114 Å². The van der Waals surface area contributed by atoms with Gasteiger partial charge in [0.1, 0.15) is 0 Å². The summed E-state index contributed by atoms with van der Waals surface area (Å²) in [5.74, 6) is 0. The molecule has 1 nitrogen and oxygen atoms in total. The molecule has 0 fully saturated rings. The topological polar surface area (TPSA) is 3.24 Å². The first-order valence-corrected chi connectivity index (χ1v) is 22.8. The van der Waals surface area contributed by atoms with Crippen LogP contribution in [0.3, 0.4) is 0 Å². The van der Waals surface area contributed by atoms with Gasteiger partial charge in [-0.1, -0.05) is 237 Å². The number of para-hydroxylation sites is 1. The Morgan fingerprint density at radius 3 is 1.45 bits per heavy atom. The maximum atomic E-state index is 2.51. The number of rotatable bonds is 9. The smallest absolute Gasteiger partial charge is 0.0714 e. The third-order valence-corrected chi connectivity index (χ3v) is 13.5. The Kier molecular flexibility index (Phi) is 9.81. The molecule has 0 aromatic heterocycles. The molecule has 0 saturated carbocycles. The molecular weight excluding hydrogens is 795 g/mol. The molecule has 1 heteroatoms. The fourth-order valence-corrected chi connectivity index (χ4v) is 10.5. The maximum Gasteiger partial charge on any atom is 0.0714 e. The van der Waals surface area contributed by atoms with Crippen LogP contribution in [0.15, 0.2) is 273 Å². The number of nitrogens with zero attached hydrogens (tertiary/aromatic N) is 1. The minimum Gasteiger partial charge on any atom is -0.309 e. The summed E-state index contributed by atoms with van der Waals surface area (Å²) < 4.78 is 0. The number of hydrogen-bond donors (Lipinski definition) is 0. The SMILES string of the molecule is c1ccc(-c2cccc(-c3ccccc3N(c3cccc(-c4ccc(-c5ccc6ccccc6c5)cc4)c3)c3cccc4c3-c3ccccc3C4(c3ccccc3)c3ccccc3)c2)cc1. The van der Waals surface area contributed by atoms with Crippen LogP contribution in [-0.2, 0) is 5.41 Å². The van der Waals surface area contributed by atoms with Gasteiger partial charge in [0, 0.05) is 16.8 Å². The lowest BCUT2D eigenvalue weighted by atomic mass is 9.68. The van der Waals surface area contributed by atoms with E-state index in [0.717, 1.165) is 33.8 Å². The molecule has 0 aliphatic heterocycles. The van der Waals surface area contributed by atoms with Crippen molar-refractivity contribution in [3.05, 3.63) is 295 Å². The highest BCUT2D eigenvalue weighted by molar-refractivity contribution is 6.00. The van der Waals surface area contributed by atoms with E-state index in [0.29, 0.717) is 0 Å². The number of anilines is 3. The normalized spacial score (nSPS) is 12.4. The Hall–Kier alpha value is -8.52. The maximum absolute atomic E-state index is 2.51. The van der Waals surface area contributed by atoms with Crippen LogP contribution in [0, 0.1) is 0 Å². The first-order chi connectivity index (χ1) is 32.7. The fourth-order valence-electron chi connectivity index (χ4n) is 10.5. The number of fused-ring (bicyclic) bond motifs is 4. The van der Waals surface area contributed by atoms with E-state index in [1.807, 2.05) is 0 Å². The lowest BCUT2D eigenvalue weighted by Crippen LogP contribution is -2.28. The van der Waals surface area contributed by atoms with Crippen molar-refractivity contribution in [3.8, 4) is 55.6 Å². The van der Waals surface area contributed by atoms with Crippen molar-refractivity contribution in [2.24, 2.45) is 0 Å². The molecule has 0 atom stereocenters. The van der Waals surface area contributed by atoms with Crippen molar-refractivity contribution in [3.63, 3.8) is 0 Å². The Morgan fingerprint density at radius 2 is 0.727 bits per heavy atom. The van der Waals surface area contributed by atoms with Crippen LogP contribution in [0.5, 0.6) is 0 Å². The second-order valence-electron chi connectivity index (χ2n) is 17.2. The van der Waals surface area contributed by atoms with Gasteiger partial charge in [-0.3, -0.25) is 0 Å². The minimum atomic E-state index is -0.533. The second kappa shape index (κ2) is 16.6.